The Hall–Kier alpha value is -2.31. The lowest BCUT2D eigenvalue weighted by Crippen LogP contribution is -2.19. The van der Waals surface area contributed by atoms with Gasteiger partial charge in [0.25, 0.3) is 5.91 Å². The molecule has 3 aromatic rings. The Morgan fingerprint density at radius 2 is 2.14 bits per heavy atom. The molecule has 0 fully saturated rings. The molecule has 0 aliphatic heterocycles. The van der Waals surface area contributed by atoms with Gasteiger partial charge in [0.15, 0.2) is 0 Å². The van der Waals surface area contributed by atoms with Crippen molar-refractivity contribution in [2.45, 2.75) is 13.5 Å². The number of aromatic nitrogens is 2. The first-order valence-corrected chi connectivity index (χ1v) is 7.68. The second-order valence-electron chi connectivity index (χ2n) is 4.79. The molecule has 22 heavy (non-hydrogen) atoms. The molecule has 1 amide bonds. The summed E-state index contributed by atoms with van der Waals surface area (Å²) in [6.07, 6.45) is 1.64. The zero-order valence-electron chi connectivity index (χ0n) is 12.1. The fraction of sp³-hybridized carbons (Fsp3) is 0.188. The molecule has 0 aliphatic rings. The second-order valence-corrected chi connectivity index (χ2v) is 5.90. The first-order chi connectivity index (χ1) is 10.7. The minimum Gasteiger partial charge on any atom is -0.364 e. The zero-order valence-corrected chi connectivity index (χ0v) is 12.9. The van der Waals surface area contributed by atoms with Gasteiger partial charge in [-0.25, -0.2) is 9.97 Å². The van der Waals surface area contributed by atoms with Crippen LogP contribution in [0.15, 0.2) is 42.6 Å². The Morgan fingerprint density at radius 1 is 1.27 bits per heavy atom. The normalized spacial score (nSPS) is 10.8. The van der Waals surface area contributed by atoms with E-state index in [9.17, 15) is 4.79 Å². The Balaban J connectivity index is 1.52. The molecule has 0 saturated heterocycles. The van der Waals surface area contributed by atoms with Gasteiger partial charge < -0.3 is 10.1 Å². The summed E-state index contributed by atoms with van der Waals surface area (Å²) in [7, 11) is 0. The van der Waals surface area contributed by atoms with Crippen LogP contribution in [-0.2, 0) is 16.1 Å². The van der Waals surface area contributed by atoms with Gasteiger partial charge in [0.2, 0.25) is 0 Å². The maximum absolute atomic E-state index is 11.8. The summed E-state index contributed by atoms with van der Waals surface area (Å²) in [6.45, 7) is 2.20. The van der Waals surface area contributed by atoms with Gasteiger partial charge in [-0.1, -0.05) is 18.2 Å². The SMILES string of the molecule is Cc1cccnc1NC(=O)COCc1nc2ccccc2s1. The van der Waals surface area contributed by atoms with Crippen molar-refractivity contribution in [1.29, 1.82) is 0 Å². The van der Waals surface area contributed by atoms with E-state index in [0.29, 0.717) is 12.4 Å². The summed E-state index contributed by atoms with van der Waals surface area (Å²) in [4.78, 5) is 20.4. The van der Waals surface area contributed by atoms with Gasteiger partial charge in [-0.2, -0.15) is 0 Å². The third kappa shape index (κ3) is 3.47. The zero-order chi connectivity index (χ0) is 15.4. The largest absolute Gasteiger partial charge is 0.364 e. The van der Waals surface area contributed by atoms with Crippen molar-refractivity contribution in [2.24, 2.45) is 0 Å². The lowest BCUT2D eigenvalue weighted by atomic mass is 10.3. The van der Waals surface area contributed by atoms with Crippen molar-refractivity contribution >= 4 is 33.3 Å². The van der Waals surface area contributed by atoms with E-state index in [-0.39, 0.29) is 12.5 Å². The lowest BCUT2D eigenvalue weighted by molar-refractivity contribution is -0.121. The molecular formula is C16H15N3O2S. The molecule has 2 heterocycles. The molecule has 0 radical (unpaired) electrons. The molecule has 1 aromatic carbocycles. The maximum Gasteiger partial charge on any atom is 0.251 e. The second kappa shape index (κ2) is 6.64. The first kappa shape index (κ1) is 14.6. The monoisotopic (exact) mass is 313 g/mol. The number of ether oxygens (including phenoxy) is 1. The fourth-order valence-electron chi connectivity index (χ4n) is 2.00. The Bertz CT molecular complexity index is 768. The average Bonchev–Trinajstić information content (AvgIpc) is 2.92. The van der Waals surface area contributed by atoms with E-state index in [2.05, 4.69) is 15.3 Å². The number of benzene rings is 1. The molecule has 0 atom stereocenters. The number of hydrogen-bond donors (Lipinski definition) is 1. The minimum absolute atomic E-state index is 0.0219. The van der Waals surface area contributed by atoms with Crippen molar-refractivity contribution < 1.29 is 9.53 Å². The van der Waals surface area contributed by atoms with Crippen LogP contribution in [0.5, 0.6) is 0 Å². The first-order valence-electron chi connectivity index (χ1n) is 6.86. The molecule has 0 unspecified atom stereocenters. The molecule has 3 rings (SSSR count). The molecule has 0 aliphatic carbocycles. The number of carbonyl (C=O) groups is 1. The highest BCUT2D eigenvalue weighted by Gasteiger charge is 2.07. The number of nitrogens with zero attached hydrogens (tertiary/aromatic N) is 2. The standard InChI is InChI=1S/C16H15N3O2S/c1-11-5-4-8-17-16(11)19-14(20)9-21-10-15-18-12-6-2-3-7-13(12)22-15/h2-8H,9-10H2,1H3,(H,17,19,20). The van der Waals surface area contributed by atoms with Crippen LogP contribution in [0, 0.1) is 6.92 Å². The van der Waals surface area contributed by atoms with Gasteiger partial charge in [-0.15, -0.1) is 11.3 Å². The highest BCUT2D eigenvalue weighted by Crippen LogP contribution is 2.21. The van der Waals surface area contributed by atoms with Crippen molar-refractivity contribution in [3.05, 3.63) is 53.2 Å². The number of anilines is 1. The molecule has 6 heteroatoms. The molecule has 0 saturated carbocycles. The van der Waals surface area contributed by atoms with Gasteiger partial charge in [0.05, 0.1) is 16.8 Å². The number of aryl methyl sites for hydroxylation is 1. The van der Waals surface area contributed by atoms with Crippen molar-refractivity contribution in [2.75, 3.05) is 11.9 Å². The molecule has 0 spiro atoms. The molecule has 2 aromatic heterocycles. The van der Waals surface area contributed by atoms with Crippen LogP contribution in [0.4, 0.5) is 5.82 Å². The number of para-hydroxylation sites is 1. The van der Waals surface area contributed by atoms with Crippen LogP contribution in [0.25, 0.3) is 10.2 Å². The summed E-state index contributed by atoms with van der Waals surface area (Å²) >= 11 is 1.58. The summed E-state index contributed by atoms with van der Waals surface area (Å²) in [5.74, 6) is 0.346. The van der Waals surface area contributed by atoms with E-state index in [1.807, 2.05) is 43.3 Å². The number of carbonyl (C=O) groups excluding carboxylic acids is 1. The third-order valence-electron chi connectivity index (χ3n) is 3.06. The van der Waals surface area contributed by atoms with Crippen LogP contribution in [0.3, 0.4) is 0 Å². The van der Waals surface area contributed by atoms with Gasteiger partial charge in [-0.05, 0) is 30.7 Å². The Morgan fingerprint density at radius 3 is 2.95 bits per heavy atom. The molecule has 112 valence electrons. The van der Waals surface area contributed by atoms with Gasteiger partial charge in [-0.3, -0.25) is 4.79 Å². The van der Waals surface area contributed by atoms with Crippen LogP contribution in [-0.4, -0.2) is 22.5 Å². The summed E-state index contributed by atoms with van der Waals surface area (Å²) in [6, 6.07) is 11.6. The van der Waals surface area contributed by atoms with E-state index < -0.39 is 0 Å². The van der Waals surface area contributed by atoms with Gasteiger partial charge in [0.1, 0.15) is 17.4 Å². The maximum atomic E-state index is 11.8. The van der Waals surface area contributed by atoms with Crippen molar-refractivity contribution in [3.8, 4) is 0 Å². The lowest BCUT2D eigenvalue weighted by Gasteiger charge is -2.06. The number of pyridine rings is 1. The molecule has 1 N–H and O–H groups in total. The number of fused-ring (bicyclic) bond motifs is 1. The summed E-state index contributed by atoms with van der Waals surface area (Å²) < 4.78 is 6.55. The number of rotatable bonds is 5. The Labute approximate surface area is 132 Å². The topological polar surface area (TPSA) is 64.1 Å². The Kier molecular flexibility index (Phi) is 4.41. The molecular weight excluding hydrogens is 298 g/mol. The number of amides is 1. The van der Waals surface area contributed by atoms with Gasteiger partial charge in [0, 0.05) is 6.20 Å². The predicted molar refractivity (Wildman–Crippen MR) is 86.9 cm³/mol. The van der Waals surface area contributed by atoms with E-state index in [4.69, 9.17) is 4.74 Å². The summed E-state index contributed by atoms with van der Waals surface area (Å²) in [5.41, 5.74) is 1.88. The van der Waals surface area contributed by atoms with Crippen molar-refractivity contribution in [1.82, 2.24) is 9.97 Å². The summed E-state index contributed by atoms with van der Waals surface area (Å²) in [5, 5.41) is 3.59. The quantitative estimate of drug-likeness (QED) is 0.786. The van der Waals surface area contributed by atoms with E-state index in [1.165, 1.54) is 0 Å². The fourth-order valence-corrected chi connectivity index (χ4v) is 2.90. The van der Waals surface area contributed by atoms with Crippen LogP contribution < -0.4 is 5.32 Å². The minimum atomic E-state index is -0.220. The highest BCUT2D eigenvalue weighted by molar-refractivity contribution is 7.18. The van der Waals surface area contributed by atoms with E-state index >= 15 is 0 Å². The highest BCUT2D eigenvalue weighted by atomic mass is 32.1. The van der Waals surface area contributed by atoms with E-state index in [0.717, 1.165) is 20.8 Å². The number of thiazole rings is 1. The van der Waals surface area contributed by atoms with Crippen LogP contribution >= 0.6 is 11.3 Å². The third-order valence-corrected chi connectivity index (χ3v) is 4.07. The number of hydrogen-bond acceptors (Lipinski definition) is 5. The molecule has 5 nitrogen and oxygen atoms in total. The predicted octanol–water partition coefficient (Wildman–Crippen LogP) is 3.16. The van der Waals surface area contributed by atoms with E-state index in [1.54, 1.807) is 17.5 Å². The smallest absolute Gasteiger partial charge is 0.251 e. The average molecular weight is 313 g/mol. The van der Waals surface area contributed by atoms with Crippen LogP contribution in [0.2, 0.25) is 0 Å². The number of nitrogens with one attached hydrogen (secondary N) is 1. The van der Waals surface area contributed by atoms with Gasteiger partial charge >= 0.3 is 0 Å². The van der Waals surface area contributed by atoms with Crippen LogP contribution in [0.1, 0.15) is 10.6 Å². The molecule has 0 bridgehead atoms. The van der Waals surface area contributed by atoms with Crippen molar-refractivity contribution in [3.63, 3.8) is 0 Å².